The van der Waals surface area contributed by atoms with Crippen LogP contribution in [0.2, 0.25) is 0 Å². The van der Waals surface area contributed by atoms with Gasteiger partial charge in [0, 0.05) is 24.7 Å². The Morgan fingerprint density at radius 1 is 1.32 bits per heavy atom. The van der Waals surface area contributed by atoms with Crippen molar-refractivity contribution in [3.05, 3.63) is 30.0 Å². The van der Waals surface area contributed by atoms with Crippen LogP contribution in [0.5, 0.6) is 0 Å². The molecular formula is C14H13F4N3S. The summed E-state index contributed by atoms with van der Waals surface area (Å²) in [6, 6.07) is 1.29. The molecule has 3 rings (SSSR count). The number of nitrogens with zero attached hydrogens (tertiary/aromatic N) is 3. The van der Waals surface area contributed by atoms with E-state index in [0.29, 0.717) is 21.3 Å². The molecule has 0 atom stereocenters. The molecule has 0 spiro atoms. The van der Waals surface area contributed by atoms with Gasteiger partial charge in [0.05, 0.1) is 11.9 Å². The minimum Gasteiger partial charge on any atom is -0.356 e. The van der Waals surface area contributed by atoms with Crippen molar-refractivity contribution >= 4 is 16.3 Å². The maximum Gasteiger partial charge on any atom is 0.405 e. The van der Waals surface area contributed by atoms with Crippen LogP contribution in [0, 0.1) is 5.82 Å². The molecule has 8 heteroatoms. The van der Waals surface area contributed by atoms with E-state index in [1.54, 1.807) is 0 Å². The van der Waals surface area contributed by atoms with E-state index in [1.807, 2.05) is 0 Å². The molecule has 2 aromatic heterocycles. The molecule has 1 fully saturated rings. The standard InChI is InChI=1S/C14H13F4N3S/c1-21(7-14(16,17)18)13-11(8-2-3-8)20-12(22-13)9-4-10(15)6-19-5-9/h4-6,8H,2-3,7H2,1H3. The Kier molecular flexibility index (Phi) is 3.80. The van der Waals surface area contributed by atoms with Crippen molar-refractivity contribution in [2.24, 2.45) is 0 Å². The molecule has 3 nitrogen and oxygen atoms in total. The fourth-order valence-electron chi connectivity index (χ4n) is 2.21. The second kappa shape index (κ2) is 5.49. The van der Waals surface area contributed by atoms with Gasteiger partial charge in [0.2, 0.25) is 0 Å². The topological polar surface area (TPSA) is 29.0 Å². The predicted molar refractivity (Wildman–Crippen MR) is 76.6 cm³/mol. The molecule has 1 saturated carbocycles. The maximum atomic E-state index is 13.3. The Labute approximate surface area is 128 Å². The lowest BCUT2D eigenvalue weighted by molar-refractivity contribution is -0.119. The third kappa shape index (κ3) is 3.37. The highest BCUT2D eigenvalue weighted by Crippen LogP contribution is 2.48. The van der Waals surface area contributed by atoms with Gasteiger partial charge < -0.3 is 4.90 Å². The lowest BCUT2D eigenvalue weighted by Gasteiger charge is -2.19. The Balaban J connectivity index is 1.96. The van der Waals surface area contributed by atoms with E-state index < -0.39 is 18.5 Å². The van der Waals surface area contributed by atoms with Crippen molar-refractivity contribution in [1.82, 2.24) is 9.97 Å². The van der Waals surface area contributed by atoms with E-state index in [1.165, 1.54) is 24.2 Å². The molecule has 2 heterocycles. The molecule has 0 radical (unpaired) electrons. The molecule has 0 unspecified atom stereocenters. The van der Waals surface area contributed by atoms with E-state index >= 15 is 0 Å². The summed E-state index contributed by atoms with van der Waals surface area (Å²) in [7, 11) is 1.40. The molecule has 0 saturated heterocycles. The molecule has 0 aliphatic heterocycles. The first kappa shape index (κ1) is 15.2. The summed E-state index contributed by atoms with van der Waals surface area (Å²) in [6.45, 7) is -1.03. The molecular weight excluding hydrogens is 318 g/mol. The molecule has 0 aromatic carbocycles. The Morgan fingerprint density at radius 2 is 2.05 bits per heavy atom. The van der Waals surface area contributed by atoms with Gasteiger partial charge in [-0.25, -0.2) is 9.37 Å². The van der Waals surface area contributed by atoms with Gasteiger partial charge in [0.25, 0.3) is 0 Å². The number of alkyl halides is 3. The van der Waals surface area contributed by atoms with Crippen molar-refractivity contribution in [3.8, 4) is 10.6 Å². The monoisotopic (exact) mass is 331 g/mol. The van der Waals surface area contributed by atoms with Crippen LogP contribution in [-0.4, -0.2) is 29.7 Å². The maximum absolute atomic E-state index is 13.3. The Morgan fingerprint density at radius 3 is 2.64 bits per heavy atom. The highest BCUT2D eigenvalue weighted by molar-refractivity contribution is 7.19. The largest absolute Gasteiger partial charge is 0.405 e. The van der Waals surface area contributed by atoms with Gasteiger partial charge >= 0.3 is 6.18 Å². The highest BCUT2D eigenvalue weighted by atomic mass is 32.1. The van der Waals surface area contributed by atoms with Crippen molar-refractivity contribution in [2.75, 3.05) is 18.5 Å². The number of aromatic nitrogens is 2. The average Bonchev–Trinajstić information content (AvgIpc) is 3.15. The third-order valence-corrected chi connectivity index (χ3v) is 4.55. The van der Waals surface area contributed by atoms with E-state index in [0.717, 1.165) is 30.4 Å². The number of hydrogen-bond acceptors (Lipinski definition) is 4. The van der Waals surface area contributed by atoms with Crippen molar-refractivity contribution < 1.29 is 17.6 Å². The molecule has 0 N–H and O–H groups in total. The van der Waals surface area contributed by atoms with Crippen LogP contribution in [0.25, 0.3) is 10.6 Å². The van der Waals surface area contributed by atoms with Crippen molar-refractivity contribution in [3.63, 3.8) is 0 Å². The summed E-state index contributed by atoms with van der Waals surface area (Å²) < 4.78 is 51.1. The van der Waals surface area contributed by atoms with E-state index in [-0.39, 0.29) is 5.92 Å². The molecule has 2 aromatic rings. The fourth-order valence-corrected chi connectivity index (χ4v) is 3.31. The third-order valence-electron chi connectivity index (χ3n) is 3.31. The minimum atomic E-state index is -4.28. The summed E-state index contributed by atoms with van der Waals surface area (Å²) in [5.74, 6) is -0.289. The predicted octanol–water partition coefficient (Wildman–Crippen LogP) is 4.22. The number of halogens is 4. The van der Waals surface area contributed by atoms with Gasteiger partial charge in [-0.1, -0.05) is 11.3 Å². The molecule has 0 bridgehead atoms. The second-order valence-corrected chi connectivity index (χ2v) is 6.32. The fraction of sp³-hybridized carbons (Fsp3) is 0.429. The first-order valence-electron chi connectivity index (χ1n) is 6.73. The first-order valence-corrected chi connectivity index (χ1v) is 7.54. The van der Waals surface area contributed by atoms with Gasteiger partial charge in [0.1, 0.15) is 22.4 Å². The lowest BCUT2D eigenvalue weighted by atomic mass is 10.2. The zero-order chi connectivity index (χ0) is 15.9. The molecule has 0 amide bonds. The van der Waals surface area contributed by atoms with E-state index in [4.69, 9.17) is 0 Å². The normalized spacial score (nSPS) is 15.1. The van der Waals surface area contributed by atoms with Crippen LogP contribution in [0.3, 0.4) is 0 Å². The smallest absolute Gasteiger partial charge is 0.356 e. The number of hydrogen-bond donors (Lipinski definition) is 0. The van der Waals surface area contributed by atoms with Crippen LogP contribution in [-0.2, 0) is 0 Å². The van der Waals surface area contributed by atoms with E-state index in [9.17, 15) is 17.6 Å². The number of pyridine rings is 1. The quantitative estimate of drug-likeness (QED) is 0.786. The Hall–Kier alpha value is -1.70. The van der Waals surface area contributed by atoms with Gasteiger partial charge in [-0.15, -0.1) is 0 Å². The van der Waals surface area contributed by atoms with Gasteiger partial charge in [-0.2, -0.15) is 13.2 Å². The number of anilines is 1. The number of rotatable bonds is 4. The summed E-state index contributed by atoms with van der Waals surface area (Å²) in [6.07, 6.45) is 0.122. The SMILES string of the molecule is CN(CC(F)(F)F)c1sc(-c2cncc(F)c2)nc1C1CC1. The van der Waals surface area contributed by atoms with Crippen LogP contribution in [0.1, 0.15) is 24.5 Å². The van der Waals surface area contributed by atoms with E-state index in [2.05, 4.69) is 9.97 Å². The van der Waals surface area contributed by atoms with Gasteiger partial charge in [-0.3, -0.25) is 4.98 Å². The van der Waals surface area contributed by atoms with Crippen LogP contribution < -0.4 is 4.90 Å². The molecule has 22 heavy (non-hydrogen) atoms. The zero-order valence-corrected chi connectivity index (χ0v) is 12.5. The zero-order valence-electron chi connectivity index (χ0n) is 11.7. The van der Waals surface area contributed by atoms with Crippen LogP contribution in [0.4, 0.5) is 22.6 Å². The molecule has 118 valence electrons. The summed E-state index contributed by atoms with van der Waals surface area (Å²) in [5, 5.41) is 0.997. The van der Waals surface area contributed by atoms with Gasteiger partial charge in [0.15, 0.2) is 0 Å². The minimum absolute atomic E-state index is 0.206. The average molecular weight is 331 g/mol. The van der Waals surface area contributed by atoms with Gasteiger partial charge in [-0.05, 0) is 18.9 Å². The van der Waals surface area contributed by atoms with Crippen LogP contribution in [0.15, 0.2) is 18.5 Å². The van der Waals surface area contributed by atoms with Crippen LogP contribution >= 0.6 is 11.3 Å². The molecule has 1 aliphatic rings. The second-order valence-electron chi connectivity index (χ2n) is 5.35. The first-order chi connectivity index (χ1) is 10.3. The number of thiazole rings is 1. The Bertz CT molecular complexity index is 679. The summed E-state index contributed by atoms with van der Waals surface area (Å²) in [5.41, 5.74) is 1.16. The molecule has 1 aliphatic carbocycles. The lowest BCUT2D eigenvalue weighted by Crippen LogP contribution is -2.30. The summed E-state index contributed by atoms with van der Waals surface area (Å²) >= 11 is 1.15. The highest BCUT2D eigenvalue weighted by Gasteiger charge is 2.35. The summed E-state index contributed by atoms with van der Waals surface area (Å²) in [4.78, 5) is 9.37. The van der Waals surface area contributed by atoms with Crippen molar-refractivity contribution in [1.29, 1.82) is 0 Å². The van der Waals surface area contributed by atoms with Crippen molar-refractivity contribution in [2.45, 2.75) is 24.9 Å².